The largest absolute Gasteiger partial charge is 0.493 e. The summed E-state index contributed by atoms with van der Waals surface area (Å²) in [5.41, 5.74) is 3.72. The van der Waals surface area contributed by atoms with E-state index in [1.807, 2.05) is 0 Å². The second-order valence-electron chi connectivity index (χ2n) is 6.60. The summed E-state index contributed by atoms with van der Waals surface area (Å²) in [4.78, 5) is 23.9. The standard InChI is InChI=1S/C23H18Cl2FN3O4/c1-32-21-9-14(5-8-20(21)33-13-15-6-7-17(26)11-19(15)25)12-27-29-23(31)22(30)28-18-4-2-3-16(24)10-18/h2-12H,13H2,1H3,(H,28,30)(H,29,31). The number of hydrazone groups is 1. The number of rotatable bonds is 7. The van der Waals surface area contributed by atoms with E-state index in [1.54, 1.807) is 36.4 Å². The van der Waals surface area contributed by atoms with Crippen LogP contribution in [0, 0.1) is 5.82 Å². The van der Waals surface area contributed by atoms with Gasteiger partial charge in [0, 0.05) is 16.3 Å². The first-order valence-electron chi connectivity index (χ1n) is 9.50. The Hall–Kier alpha value is -3.62. The fourth-order valence-electron chi connectivity index (χ4n) is 2.65. The maximum absolute atomic E-state index is 13.2. The molecule has 0 unspecified atom stereocenters. The molecule has 170 valence electrons. The van der Waals surface area contributed by atoms with E-state index in [0.29, 0.717) is 33.3 Å². The molecule has 2 amide bonds. The molecule has 7 nitrogen and oxygen atoms in total. The Labute approximate surface area is 199 Å². The summed E-state index contributed by atoms with van der Waals surface area (Å²) >= 11 is 11.9. The molecule has 3 rings (SSSR count). The Balaban J connectivity index is 1.58. The van der Waals surface area contributed by atoms with Gasteiger partial charge in [0.05, 0.1) is 18.3 Å². The van der Waals surface area contributed by atoms with Crippen LogP contribution >= 0.6 is 23.2 Å². The van der Waals surface area contributed by atoms with Crippen LogP contribution < -0.4 is 20.2 Å². The van der Waals surface area contributed by atoms with Crippen LogP contribution in [-0.4, -0.2) is 25.1 Å². The minimum atomic E-state index is -0.950. The molecule has 0 bridgehead atoms. The van der Waals surface area contributed by atoms with Crippen LogP contribution in [0.15, 0.2) is 65.8 Å². The van der Waals surface area contributed by atoms with Gasteiger partial charge in [-0.3, -0.25) is 9.59 Å². The first-order chi connectivity index (χ1) is 15.9. The Kier molecular flexibility index (Phi) is 8.23. The average molecular weight is 490 g/mol. The molecule has 0 heterocycles. The smallest absolute Gasteiger partial charge is 0.329 e. The molecule has 33 heavy (non-hydrogen) atoms. The van der Waals surface area contributed by atoms with Crippen molar-refractivity contribution >= 4 is 46.9 Å². The molecule has 3 aromatic rings. The molecule has 0 saturated carbocycles. The van der Waals surface area contributed by atoms with Crippen LogP contribution in [0.1, 0.15) is 11.1 Å². The van der Waals surface area contributed by atoms with Gasteiger partial charge in [0.15, 0.2) is 11.5 Å². The van der Waals surface area contributed by atoms with Gasteiger partial charge in [-0.25, -0.2) is 9.82 Å². The van der Waals surface area contributed by atoms with Crippen molar-refractivity contribution in [3.8, 4) is 11.5 Å². The molecule has 0 aliphatic carbocycles. The quantitative estimate of drug-likeness (QED) is 0.283. The highest BCUT2D eigenvalue weighted by Gasteiger charge is 2.13. The summed E-state index contributed by atoms with van der Waals surface area (Å²) in [6.07, 6.45) is 1.34. The molecular weight excluding hydrogens is 472 g/mol. The van der Waals surface area contributed by atoms with Crippen molar-refractivity contribution in [1.82, 2.24) is 5.43 Å². The van der Waals surface area contributed by atoms with Crippen molar-refractivity contribution in [3.05, 3.63) is 87.7 Å². The van der Waals surface area contributed by atoms with Gasteiger partial charge in [0.2, 0.25) is 0 Å². The number of hydrogen-bond donors (Lipinski definition) is 2. The van der Waals surface area contributed by atoms with Crippen molar-refractivity contribution in [2.45, 2.75) is 6.61 Å². The third kappa shape index (κ3) is 6.93. The Morgan fingerprint density at radius 3 is 2.58 bits per heavy atom. The van der Waals surface area contributed by atoms with E-state index in [9.17, 15) is 14.0 Å². The summed E-state index contributed by atoms with van der Waals surface area (Å²) in [5.74, 6) is -1.44. The number of benzene rings is 3. The number of halogens is 3. The van der Waals surface area contributed by atoms with E-state index in [-0.39, 0.29) is 11.6 Å². The fraction of sp³-hybridized carbons (Fsp3) is 0.0870. The van der Waals surface area contributed by atoms with Gasteiger partial charge in [0.1, 0.15) is 12.4 Å². The maximum Gasteiger partial charge on any atom is 0.329 e. The molecule has 10 heteroatoms. The number of methoxy groups -OCH3 is 1. The van der Waals surface area contributed by atoms with E-state index >= 15 is 0 Å². The third-order valence-corrected chi connectivity index (χ3v) is 4.84. The van der Waals surface area contributed by atoms with Crippen LogP contribution in [0.2, 0.25) is 10.0 Å². The summed E-state index contributed by atoms with van der Waals surface area (Å²) in [5, 5.41) is 6.88. The number of ether oxygens (including phenoxy) is 2. The predicted molar refractivity (Wildman–Crippen MR) is 125 cm³/mol. The maximum atomic E-state index is 13.2. The number of carbonyl (C=O) groups excluding carboxylic acids is 2. The number of hydrogen-bond acceptors (Lipinski definition) is 5. The second-order valence-corrected chi connectivity index (χ2v) is 7.44. The van der Waals surface area contributed by atoms with Crippen molar-refractivity contribution in [3.63, 3.8) is 0 Å². The molecular formula is C23H18Cl2FN3O4. The average Bonchev–Trinajstić information content (AvgIpc) is 2.78. The molecule has 3 aromatic carbocycles. The zero-order valence-corrected chi connectivity index (χ0v) is 18.8. The van der Waals surface area contributed by atoms with Crippen LogP contribution in [0.25, 0.3) is 0 Å². The van der Waals surface area contributed by atoms with Crippen molar-refractivity contribution in [2.24, 2.45) is 5.10 Å². The van der Waals surface area contributed by atoms with Gasteiger partial charge in [-0.15, -0.1) is 0 Å². The minimum Gasteiger partial charge on any atom is -0.493 e. The molecule has 0 aromatic heterocycles. The summed E-state index contributed by atoms with van der Waals surface area (Å²) in [6, 6.07) is 15.4. The van der Waals surface area contributed by atoms with E-state index in [1.165, 1.54) is 37.6 Å². The SMILES string of the molecule is COc1cc(C=NNC(=O)C(=O)Nc2cccc(Cl)c2)ccc1OCc1ccc(F)cc1Cl. The Morgan fingerprint density at radius 2 is 1.85 bits per heavy atom. The zero-order valence-electron chi connectivity index (χ0n) is 17.3. The first kappa shape index (κ1) is 24.0. The van der Waals surface area contributed by atoms with E-state index in [0.717, 1.165) is 0 Å². The molecule has 0 spiro atoms. The van der Waals surface area contributed by atoms with Crippen LogP contribution in [0.5, 0.6) is 11.5 Å². The van der Waals surface area contributed by atoms with Gasteiger partial charge < -0.3 is 14.8 Å². The normalized spacial score (nSPS) is 10.7. The molecule has 2 N–H and O–H groups in total. The summed E-state index contributed by atoms with van der Waals surface area (Å²) < 4.78 is 24.2. The lowest BCUT2D eigenvalue weighted by atomic mass is 10.2. The predicted octanol–water partition coefficient (Wildman–Crippen LogP) is 4.81. The van der Waals surface area contributed by atoms with Crippen molar-refractivity contribution in [2.75, 3.05) is 12.4 Å². The lowest BCUT2D eigenvalue weighted by Crippen LogP contribution is -2.32. The highest BCUT2D eigenvalue weighted by molar-refractivity contribution is 6.39. The van der Waals surface area contributed by atoms with Crippen LogP contribution in [0.4, 0.5) is 10.1 Å². The first-order valence-corrected chi connectivity index (χ1v) is 10.3. The summed E-state index contributed by atoms with van der Waals surface area (Å²) in [6.45, 7) is 0.112. The van der Waals surface area contributed by atoms with E-state index < -0.39 is 17.6 Å². The molecule has 0 atom stereocenters. The molecule has 0 radical (unpaired) electrons. The van der Waals surface area contributed by atoms with Gasteiger partial charge in [-0.2, -0.15) is 5.10 Å². The number of anilines is 1. The zero-order chi connectivity index (χ0) is 23.8. The highest BCUT2D eigenvalue weighted by Crippen LogP contribution is 2.29. The van der Waals surface area contributed by atoms with Gasteiger partial charge >= 0.3 is 11.8 Å². The topological polar surface area (TPSA) is 89.0 Å². The molecule has 0 fully saturated rings. The monoisotopic (exact) mass is 489 g/mol. The Morgan fingerprint density at radius 1 is 1.03 bits per heavy atom. The molecule has 0 saturated heterocycles. The van der Waals surface area contributed by atoms with Gasteiger partial charge in [0.25, 0.3) is 0 Å². The lowest BCUT2D eigenvalue weighted by Gasteiger charge is -2.12. The van der Waals surface area contributed by atoms with Gasteiger partial charge in [-0.05, 0) is 54.1 Å². The highest BCUT2D eigenvalue weighted by atomic mass is 35.5. The number of amides is 2. The molecule has 0 aliphatic rings. The number of nitrogens with one attached hydrogen (secondary N) is 2. The van der Waals surface area contributed by atoms with Crippen molar-refractivity contribution in [1.29, 1.82) is 0 Å². The number of nitrogens with zero attached hydrogens (tertiary/aromatic N) is 1. The lowest BCUT2D eigenvalue weighted by molar-refractivity contribution is -0.136. The van der Waals surface area contributed by atoms with Gasteiger partial charge in [-0.1, -0.05) is 35.3 Å². The van der Waals surface area contributed by atoms with E-state index in [4.69, 9.17) is 32.7 Å². The minimum absolute atomic E-state index is 0.112. The Bertz CT molecular complexity index is 1200. The fourth-order valence-corrected chi connectivity index (χ4v) is 3.06. The van der Waals surface area contributed by atoms with Crippen LogP contribution in [0.3, 0.4) is 0 Å². The van der Waals surface area contributed by atoms with E-state index in [2.05, 4.69) is 15.8 Å². The second kappa shape index (κ2) is 11.3. The van der Waals surface area contributed by atoms with Crippen LogP contribution in [-0.2, 0) is 16.2 Å². The third-order valence-electron chi connectivity index (χ3n) is 4.25. The number of carbonyl (C=O) groups is 2. The summed E-state index contributed by atoms with van der Waals surface area (Å²) in [7, 11) is 1.47. The molecule has 0 aliphatic heterocycles. The van der Waals surface area contributed by atoms with Crippen molar-refractivity contribution < 1.29 is 23.5 Å².